The second kappa shape index (κ2) is 5.07. The zero-order valence-electron chi connectivity index (χ0n) is 11.7. The fourth-order valence-corrected chi connectivity index (χ4v) is 2.77. The molecule has 2 amide bonds. The maximum absolute atomic E-state index is 12.3. The van der Waals surface area contributed by atoms with Gasteiger partial charge in [-0.3, -0.25) is 19.5 Å². The highest BCUT2D eigenvalue weighted by Crippen LogP contribution is 2.27. The maximum atomic E-state index is 12.3. The molecule has 1 aliphatic rings. The third-order valence-electron chi connectivity index (χ3n) is 3.71. The molecule has 2 heterocycles. The monoisotopic (exact) mass is 344 g/mol. The van der Waals surface area contributed by atoms with Gasteiger partial charge >= 0.3 is 0 Å². The highest BCUT2D eigenvalue weighted by Gasteiger charge is 2.35. The third-order valence-corrected chi connectivity index (χ3v) is 4.93. The number of carbonyl (C=O) groups excluding carboxylic acids is 2. The van der Waals surface area contributed by atoms with Crippen molar-refractivity contribution in [2.75, 3.05) is 0 Å². The van der Waals surface area contributed by atoms with Crippen LogP contribution in [-0.4, -0.2) is 21.7 Å². The lowest BCUT2D eigenvalue weighted by Gasteiger charge is -2.16. The molecular weight excluding hydrogens is 332 g/mol. The molecule has 0 aliphatic carbocycles. The fraction of sp³-hybridized carbons (Fsp3) is 0.188. The van der Waals surface area contributed by atoms with E-state index < -0.39 is 0 Å². The second-order valence-electron chi connectivity index (χ2n) is 5.07. The number of imide groups is 1. The van der Waals surface area contributed by atoms with Gasteiger partial charge in [0, 0.05) is 10.7 Å². The predicted octanol–water partition coefficient (Wildman–Crippen LogP) is 3.26. The first kappa shape index (κ1) is 13.9. The topological polar surface area (TPSA) is 50.3 Å². The Morgan fingerprint density at radius 1 is 1.10 bits per heavy atom. The molecule has 4 nitrogen and oxygen atoms in total. The van der Waals surface area contributed by atoms with Gasteiger partial charge in [-0.2, -0.15) is 0 Å². The van der Waals surface area contributed by atoms with Crippen molar-refractivity contribution in [2.45, 2.75) is 20.4 Å². The summed E-state index contributed by atoms with van der Waals surface area (Å²) in [5.74, 6) is -0.512. The summed E-state index contributed by atoms with van der Waals surface area (Å²) >= 11 is 3.51. The average Bonchev–Trinajstić information content (AvgIpc) is 2.73. The molecule has 0 N–H and O–H groups in total. The van der Waals surface area contributed by atoms with Crippen LogP contribution in [0, 0.1) is 13.8 Å². The summed E-state index contributed by atoms with van der Waals surface area (Å²) in [6.07, 6.45) is 1.74. The van der Waals surface area contributed by atoms with Crippen LogP contribution in [0.25, 0.3) is 0 Å². The van der Waals surface area contributed by atoms with Crippen molar-refractivity contribution in [3.63, 3.8) is 0 Å². The SMILES string of the molecule is Cc1cnc(CN2C(=O)c3ccccc3C2=O)c(C)c1Br. The molecule has 0 fully saturated rings. The normalized spacial score (nSPS) is 13.8. The summed E-state index contributed by atoms with van der Waals surface area (Å²) in [5.41, 5.74) is 3.63. The smallest absolute Gasteiger partial charge is 0.261 e. The molecule has 0 saturated carbocycles. The van der Waals surface area contributed by atoms with Crippen LogP contribution >= 0.6 is 15.9 Å². The van der Waals surface area contributed by atoms with Crippen LogP contribution < -0.4 is 0 Å². The van der Waals surface area contributed by atoms with Gasteiger partial charge in [0.25, 0.3) is 11.8 Å². The molecule has 1 aromatic carbocycles. The van der Waals surface area contributed by atoms with Gasteiger partial charge in [0.05, 0.1) is 23.4 Å². The van der Waals surface area contributed by atoms with Crippen molar-refractivity contribution in [1.82, 2.24) is 9.88 Å². The lowest BCUT2D eigenvalue weighted by atomic mass is 10.1. The molecule has 0 unspecified atom stereocenters. The average molecular weight is 345 g/mol. The van der Waals surface area contributed by atoms with Crippen molar-refractivity contribution in [3.05, 3.63) is 62.9 Å². The number of carbonyl (C=O) groups is 2. The maximum Gasteiger partial charge on any atom is 0.261 e. The summed E-state index contributed by atoms with van der Waals surface area (Å²) in [5, 5.41) is 0. The van der Waals surface area contributed by atoms with Gasteiger partial charge in [-0.05, 0) is 37.1 Å². The van der Waals surface area contributed by atoms with Gasteiger partial charge in [-0.25, -0.2) is 0 Å². The summed E-state index contributed by atoms with van der Waals surface area (Å²) in [6.45, 7) is 4.07. The van der Waals surface area contributed by atoms with Crippen LogP contribution in [0.1, 0.15) is 37.5 Å². The van der Waals surface area contributed by atoms with E-state index in [2.05, 4.69) is 20.9 Å². The van der Waals surface area contributed by atoms with Crippen LogP contribution in [0.15, 0.2) is 34.9 Å². The first-order valence-electron chi connectivity index (χ1n) is 6.56. The van der Waals surface area contributed by atoms with Crippen molar-refractivity contribution in [1.29, 1.82) is 0 Å². The molecule has 0 bridgehead atoms. The highest BCUT2D eigenvalue weighted by atomic mass is 79.9. The number of rotatable bonds is 2. The minimum Gasteiger partial charge on any atom is -0.269 e. The Morgan fingerprint density at radius 3 is 2.24 bits per heavy atom. The molecule has 3 rings (SSSR count). The van der Waals surface area contributed by atoms with Gasteiger partial charge < -0.3 is 0 Å². The van der Waals surface area contributed by atoms with E-state index in [1.807, 2.05) is 13.8 Å². The van der Waals surface area contributed by atoms with E-state index in [1.165, 1.54) is 4.90 Å². The largest absolute Gasteiger partial charge is 0.269 e. The van der Waals surface area contributed by atoms with Crippen LogP contribution in [0.3, 0.4) is 0 Å². The predicted molar refractivity (Wildman–Crippen MR) is 82.1 cm³/mol. The van der Waals surface area contributed by atoms with Gasteiger partial charge in [0.1, 0.15) is 0 Å². The number of pyridine rings is 1. The summed E-state index contributed by atoms with van der Waals surface area (Å²) in [6, 6.07) is 6.89. The van der Waals surface area contributed by atoms with E-state index in [0.29, 0.717) is 11.1 Å². The summed E-state index contributed by atoms with van der Waals surface area (Å²) < 4.78 is 0.962. The van der Waals surface area contributed by atoms with Gasteiger partial charge in [0.2, 0.25) is 0 Å². The van der Waals surface area contributed by atoms with Crippen molar-refractivity contribution in [2.24, 2.45) is 0 Å². The molecule has 5 heteroatoms. The van der Waals surface area contributed by atoms with Crippen LogP contribution in [-0.2, 0) is 6.54 Å². The molecule has 1 aromatic heterocycles. The standard InChI is InChI=1S/C16H13BrN2O2/c1-9-7-18-13(10(2)14(9)17)8-19-15(20)11-5-3-4-6-12(11)16(19)21/h3-7H,8H2,1-2H3. The van der Waals surface area contributed by atoms with E-state index in [0.717, 1.165) is 21.3 Å². The molecule has 106 valence electrons. The van der Waals surface area contributed by atoms with E-state index in [1.54, 1.807) is 30.5 Å². The number of benzene rings is 1. The Balaban J connectivity index is 1.96. The Morgan fingerprint density at radius 2 is 1.67 bits per heavy atom. The van der Waals surface area contributed by atoms with Crippen LogP contribution in [0.5, 0.6) is 0 Å². The Hall–Kier alpha value is -2.01. The molecule has 0 atom stereocenters. The quantitative estimate of drug-likeness (QED) is 0.785. The summed E-state index contributed by atoms with van der Waals surface area (Å²) in [7, 11) is 0. The van der Waals surface area contributed by atoms with Gasteiger partial charge in [-0.1, -0.05) is 28.1 Å². The van der Waals surface area contributed by atoms with Crippen LogP contribution in [0.4, 0.5) is 0 Å². The minimum absolute atomic E-state index is 0.192. The molecule has 21 heavy (non-hydrogen) atoms. The molecule has 2 aromatic rings. The molecule has 0 spiro atoms. The molecule has 1 aliphatic heterocycles. The number of amides is 2. The number of hydrogen-bond acceptors (Lipinski definition) is 3. The van der Waals surface area contributed by atoms with E-state index in [9.17, 15) is 9.59 Å². The number of fused-ring (bicyclic) bond motifs is 1. The van der Waals surface area contributed by atoms with Crippen molar-refractivity contribution >= 4 is 27.7 Å². The van der Waals surface area contributed by atoms with Gasteiger partial charge in [0.15, 0.2) is 0 Å². The Bertz CT molecular complexity index is 736. The first-order chi connectivity index (χ1) is 10.0. The fourth-order valence-electron chi connectivity index (χ4n) is 2.44. The first-order valence-corrected chi connectivity index (χ1v) is 7.36. The molecular formula is C16H13BrN2O2. The van der Waals surface area contributed by atoms with E-state index in [-0.39, 0.29) is 18.4 Å². The summed E-state index contributed by atoms with van der Waals surface area (Å²) in [4.78, 5) is 30.3. The number of hydrogen-bond donors (Lipinski definition) is 0. The molecule has 0 radical (unpaired) electrons. The van der Waals surface area contributed by atoms with Crippen molar-refractivity contribution in [3.8, 4) is 0 Å². The third kappa shape index (κ3) is 2.17. The zero-order valence-corrected chi connectivity index (χ0v) is 13.3. The number of aromatic nitrogens is 1. The highest BCUT2D eigenvalue weighted by molar-refractivity contribution is 9.10. The lowest BCUT2D eigenvalue weighted by molar-refractivity contribution is 0.0640. The lowest BCUT2D eigenvalue weighted by Crippen LogP contribution is -2.30. The number of aryl methyl sites for hydroxylation is 1. The van der Waals surface area contributed by atoms with Crippen molar-refractivity contribution < 1.29 is 9.59 Å². The minimum atomic E-state index is -0.256. The van der Waals surface area contributed by atoms with Gasteiger partial charge in [-0.15, -0.1) is 0 Å². The zero-order chi connectivity index (χ0) is 15.1. The number of nitrogens with zero attached hydrogens (tertiary/aromatic N) is 2. The Labute approximate surface area is 130 Å². The molecule has 0 saturated heterocycles. The van der Waals surface area contributed by atoms with E-state index in [4.69, 9.17) is 0 Å². The van der Waals surface area contributed by atoms with Crippen LogP contribution in [0.2, 0.25) is 0 Å². The number of halogens is 1. The van der Waals surface area contributed by atoms with E-state index >= 15 is 0 Å². The second-order valence-corrected chi connectivity index (χ2v) is 5.86. The Kier molecular flexibility index (Phi) is 3.37.